The van der Waals surface area contributed by atoms with Gasteiger partial charge >= 0.3 is 5.97 Å². The molecule has 0 spiro atoms. The van der Waals surface area contributed by atoms with Gasteiger partial charge in [0.2, 0.25) is 0 Å². The summed E-state index contributed by atoms with van der Waals surface area (Å²) < 4.78 is 0.550. The number of aliphatic carboxylic acids is 2. The smallest absolute Gasteiger partial charge is 0.303 e. The molecule has 0 aliphatic carbocycles. The van der Waals surface area contributed by atoms with Gasteiger partial charge in [0, 0.05) is 18.8 Å². The summed E-state index contributed by atoms with van der Waals surface area (Å²) in [7, 11) is 5.66. The minimum Gasteiger partial charge on any atom is -0.550 e. The molecule has 0 saturated heterocycles. The molecule has 29 heavy (non-hydrogen) atoms. The molecule has 1 atom stereocenters. The van der Waals surface area contributed by atoms with Crippen LogP contribution >= 0.6 is 0 Å². The van der Waals surface area contributed by atoms with E-state index in [4.69, 9.17) is 10.2 Å². The molecule has 0 aromatic carbocycles. The summed E-state index contributed by atoms with van der Waals surface area (Å²) in [5, 5.41) is 27.6. The van der Waals surface area contributed by atoms with Crippen LogP contribution in [0.1, 0.15) is 103 Å². The number of carboxylic acid groups (broad SMARTS) is 2. The number of unbranched alkanes of at least 4 members (excludes halogenated alkanes) is 12. The van der Waals surface area contributed by atoms with Gasteiger partial charge < -0.3 is 24.6 Å². The lowest BCUT2D eigenvalue weighted by Gasteiger charge is -2.26. The van der Waals surface area contributed by atoms with E-state index in [0.717, 1.165) is 12.8 Å². The Bertz CT molecular complexity index is 393. The van der Waals surface area contributed by atoms with E-state index in [9.17, 15) is 14.7 Å². The van der Waals surface area contributed by atoms with Gasteiger partial charge in [0.25, 0.3) is 0 Å². The molecule has 0 aliphatic heterocycles. The highest BCUT2D eigenvalue weighted by Gasteiger charge is 2.14. The number of hydrogen-bond acceptors (Lipinski definition) is 4. The summed E-state index contributed by atoms with van der Waals surface area (Å²) in [6.07, 6.45) is 16.2. The van der Waals surface area contributed by atoms with Gasteiger partial charge in [-0.2, -0.15) is 0 Å². The number of aliphatic hydroxyl groups is 1. The lowest BCUT2D eigenvalue weighted by molar-refractivity contribution is -0.873. The standard InChI is InChI=1S/C16H32O2.C7H15NO3/c1-2-3-4-5-6-7-8-9-10-11-12-13-14-15-16(17)18;1-8(2,3)5-6(9)4-7(10)11/h2-15H2,1H3,(H,17,18);6,9H,4-5H2,1-3H3. The number of carbonyl (C=O) groups excluding carboxylic acids is 1. The molecule has 0 amide bonds. The second-order valence-electron chi connectivity index (χ2n) is 9.09. The van der Waals surface area contributed by atoms with E-state index in [1.54, 1.807) is 0 Å². The average Bonchev–Trinajstić information content (AvgIpc) is 2.57. The van der Waals surface area contributed by atoms with Gasteiger partial charge in [-0.05, 0) is 6.42 Å². The van der Waals surface area contributed by atoms with Crippen molar-refractivity contribution in [2.75, 3.05) is 27.7 Å². The van der Waals surface area contributed by atoms with Crippen LogP contribution in [0.5, 0.6) is 0 Å². The lowest BCUT2D eigenvalue weighted by atomic mass is 10.0. The quantitative estimate of drug-likeness (QED) is 0.261. The van der Waals surface area contributed by atoms with Crippen molar-refractivity contribution in [3.8, 4) is 0 Å². The molecule has 0 aromatic rings. The normalized spacial score (nSPS) is 12.2. The largest absolute Gasteiger partial charge is 0.550 e. The Labute approximate surface area is 178 Å². The number of aliphatic hydroxyl groups excluding tert-OH is 1. The Balaban J connectivity index is 0. The first kappa shape index (κ1) is 30.1. The van der Waals surface area contributed by atoms with Crippen molar-refractivity contribution < 1.29 is 29.4 Å². The van der Waals surface area contributed by atoms with Crippen LogP contribution in [0.25, 0.3) is 0 Å². The molecule has 6 nitrogen and oxygen atoms in total. The first-order valence-electron chi connectivity index (χ1n) is 11.5. The van der Waals surface area contributed by atoms with Crippen molar-refractivity contribution in [2.45, 2.75) is 109 Å². The van der Waals surface area contributed by atoms with Crippen LogP contribution in [0.2, 0.25) is 0 Å². The maximum Gasteiger partial charge on any atom is 0.303 e. The zero-order valence-corrected chi connectivity index (χ0v) is 19.5. The molecule has 6 heteroatoms. The lowest BCUT2D eigenvalue weighted by Crippen LogP contribution is -2.43. The molecule has 1 unspecified atom stereocenters. The number of carboxylic acids is 2. The van der Waals surface area contributed by atoms with Crippen LogP contribution in [-0.4, -0.2) is 60.4 Å². The van der Waals surface area contributed by atoms with Crippen molar-refractivity contribution in [1.29, 1.82) is 0 Å². The first-order chi connectivity index (χ1) is 13.6. The summed E-state index contributed by atoms with van der Waals surface area (Å²) in [6.45, 7) is 2.68. The van der Waals surface area contributed by atoms with Crippen LogP contribution in [0, 0.1) is 0 Å². The zero-order valence-electron chi connectivity index (χ0n) is 19.5. The molecule has 0 saturated carbocycles. The maximum atomic E-state index is 10.3. The molecule has 0 fully saturated rings. The molecule has 174 valence electrons. The monoisotopic (exact) mass is 417 g/mol. The highest BCUT2D eigenvalue weighted by Crippen LogP contribution is 2.12. The van der Waals surface area contributed by atoms with Crippen LogP contribution in [0.3, 0.4) is 0 Å². The maximum absolute atomic E-state index is 10.3. The topological polar surface area (TPSA) is 97.7 Å². The van der Waals surface area contributed by atoms with Crippen LogP contribution in [0.15, 0.2) is 0 Å². The van der Waals surface area contributed by atoms with Gasteiger partial charge in [-0.1, -0.05) is 84.0 Å². The Kier molecular flexibility index (Phi) is 20.9. The fourth-order valence-corrected chi connectivity index (χ4v) is 3.18. The van der Waals surface area contributed by atoms with E-state index < -0.39 is 18.0 Å². The highest BCUT2D eigenvalue weighted by atomic mass is 16.4. The molecular formula is C23H47NO5. The van der Waals surface area contributed by atoms with E-state index in [1.165, 1.54) is 70.6 Å². The van der Waals surface area contributed by atoms with Crippen molar-refractivity contribution in [3.05, 3.63) is 0 Å². The molecule has 0 bridgehead atoms. The van der Waals surface area contributed by atoms with Crippen molar-refractivity contribution in [3.63, 3.8) is 0 Å². The van der Waals surface area contributed by atoms with Gasteiger partial charge in [0.05, 0.1) is 21.1 Å². The fourth-order valence-electron chi connectivity index (χ4n) is 3.18. The van der Waals surface area contributed by atoms with Crippen LogP contribution in [-0.2, 0) is 9.59 Å². The van der Waals surface area contributed by atoms with E-state index in [-0.39, 0.29) is 6.42 Å². The number of likely N-dealkylation sites (N-methyl/N-ethyl adjacent to an activating group) is 1. The second-order valence-corrected chi connectivity index (χ2v) is 9.09. The molecule has 0 heterocycles. The molecule has 0 aliphatic rings. The second kappa shape index (κ2) is 20.1. The highest BCUT2D eigenvalue weighted by molar-refractivity contribution is 5.66. The minimum atomic E-state index is -1.20. The number of nitrogens with zero attached hydrogens (tertiary/aromatic N) is 1. The molecular weight excluding hydrogens is 370 g/mol. The number of hydrogen-bond donors (Lipinski definition) is 2. The Morgan fingerprint density at radius 3 is 1.48 bits per heavy atom. The summed E-state index contributed by atoms with van der Waals surface area (Å²) in [4.78, 5) is 20.3. The van der Waals surface area contributed by atoms with E-state index >= 15 is 0 Å². The fraction of sp³-hybridized carbons (Fsp3) is 0.913. The molecule has 0 aromatic heterocycles. The molecule has 2 N–H and O–H groups in total. The Morgan fingerprint density at radius 1 is 0.793 bits per heavy atom. The van der Waals surface area contributed by atoms with Crippen molar-refractivity contribution in [2.24, 2.45) is 0 Å². The van der Waals surface area contributed by atoms with Crippen LogP contribution < -0.4 is 5.11 Å². The Hall–Kier alpha value is -1.14. The van der Waals surface area contributed by atoms with Gasteiger partial charge in [0.15, 0.2) is 0 Å². The van der Waals surface area contributed by atoms with Gasteiger partial charge in [-0.3, -0.25) is 4.79 Å². The van der Waals surface area contributed by atoms with Crippen LogP contribution in [0.4, 0.5) is 0 Å². The minimum absolute atomic E-state index is 0.282. The third-order valence-electron chi connectivity index (χ3n) is 4.65. The Morgan fingerprint density at radius 2 is 1.17 bits per heavy atom. The average molecular weight is 418 g/mol. The van der Waals surface area contributed by atoms with E-state index in [1.807, 2.05) is 21.1 Å². The predicted octanol–water partition coefficient (Wildman–Crippen LogP) is 3.75. The SMILES string of the molecule is CCCCCCCCCCCCCCCC(=O)O.C[N+](C)(C)CC(O)CC(=O)[O-]. The summed E-state index contributed by atoms with van der Waals surface area (Å²) in [5.74, 6) is -1.86. The summed E-state index contributed by atoms with van der Waals surface area (Å²) in [6, 6.07) is 0. The number of rotatable bonds is 18. The van der Waals surface area contributed by atoms with E-state index in [0.29, 0.717) is 17.4 Å². The van der Waals surface area contributed by atoms with Gasteiger partial charge in [0.1, 0.15) is 12.6 Å². The van der Waals surface area contributed by atoms with Gasteiger partial charge in [-0.25, -0.2) is 0 Å². The van der Waals surface area contributed by atoms with E-state index in [2.05, 4.69) is 6.92 Å². The third-order valence-corrected chi connectivity index (χ3v) is 4.65. The summed E-state index contributed by atoms with van der Waals surface area (Å²) >= 11 is 0. The molecule has 0 rings (SSSR count). The van der Waals surface area contributed by atoms with Crippen molar-refractivity contribution in [1.82, 2.24) is 0 Å². The zero-order chi connectivity index (χ0) is 22.5. The third kappa shape index (κ3) is 31.8. The molecule has 0 radical (unpaired) electrons. The first-order valence-corrected chi connectivity index (χ1v) is 11.5. The summed E-state index contributed by atoms with van der Waals surface area (Å²) in [5.41, 5.74) is 0. The predicted molar refractivity (Wildman–Crippen MR) is 116 cm³/mol. The number of carbonyl (C=O) groups is 2. The van der Waals surface area contributed by atoms with Crippen molar-refractivity contribution >= 4 is 11.9 Å². The number of quaternary nitrogens is 1. The van der Waals surface area contributed by atoms with Gasteiger partial charge in [-0.15, -0.1) is 0 Å².